The Labute approximate surface area is 138 Å². The second-order valence-electron chi connectivity index (χ2n) is 5.20. The predicted molar refractivity (Wildman–Crippen MR) is 87.3 cm³/mol. The zero-order valence-corrected chi connectivity index (χ0v) is 12.7. The minimum atomic E-state index is -0.920. The smallest absolute Gasteiger partial charge is 0.166 e. The Balaban J connectivity index is 1.94. The van der Waals surface area contributed by atoms with Crippen LogP contribution in [0.5, 0.6) is 5.75 Å². The summed E-state index contributed by atoms with van der Waals surface area (Å²) in [5, 5.41) is 9.21. The average molecular weight is 321 g/mol. The van der Waals surface area contributed by atoms with Gasteiger partial charge in [-0.1, -0.05) is 48.5 Å². The largest absolute Gasteiger partial charge is 0.488 e. The van der Waals surface area contributed by atoms with Gasteiger partial charge >= 0.3 is 0 Å². The fourth-order valence-corrected chi connectivity index (χ4v) is 2.36. The number of nitrogens with zero attached hydrogens (tertiary/aromatic N) is 1. The summed E-state index contributed by atoms with van der Waals surface area (Å²) in [5.41, 5.74) is 1.87. The molecule has 0 aliphatic carbocycles. The molecule has 0 aromatic heterocycles. The Morgan fingerprint density at radius 2 is 1.71 bits per heavy atom. The monoisotopic (exact) mass is 321 g/mol. The van der Waals surface area contributed by atoms with Crippen molar-refractivity contribution in [1.29, 1.82) is 5.26 Å². The van der Waals surface area contributed by atoms with E-state index < -0.39 is 11.6 Å². The molecule has 3 aromatic carbocycles. The summed E-state index contributed by atoms with van der Waals surface area (Å²) in [6.45, 7) is 0.282. The van der Waals surface area contributed by atoms with Crippen molar-refractivity contribution in [2.45, 2.75) is 6.61 Å². The number of ether oxygens (including phenoxy) is 1. The molecule has 0 amide bonds. The Morgan fingerprint density at radius 3 is 2.46 bits per heavy atom. The first-order chi connectivity index (χ1) is 11.7. The number of hydrogen-bond acceptors (Lipinski definition) is 2. The quantitative estimate of drug-likeness (QED) is 0.671. The van der Waals surface area contributed by atoms with E-state index in [0.717, 1.165) is 11.6 Å². The van der Waals surface area contributed by atoms with Gasteiger partial charge in [-0.2, -0.15) is 5.26 Å². The van der Waals surface area contributed by atoms with Crippen molar-refractivity contribution in [3.05, 3.63) is 89.5 Å². The molecule has 0 N–H and O–H groups in total. The Hall–Kier alpha value is -3.19. The maximum Gasteiger partial charge on any atom is 0.166 e. The summed E-state index contributed by atoms with van der Waals surface area (Å²) in [6, 6.07) is 20.2. The molecule has 0 saturated heterocycles. The normalized spacial score (nSPS) is 10.2. The van der Waals surface area contributed by atoms with E-state index in [9.17, 15) is 14.0 Å². The first-order valence-electron chi connectivity index (χ1n) is 7.34. The highest BCUT2D eigenvalue weighted by atomic mass is 19.2. The van der Waals surface area contributed by atoms with Gasteiger partial charge in [-0.25, -0.2) is 8.78 Å². The van der Waals surface area contributed by atoms with Gasteiger partial charge in [0.1, 0.15) is 18.4 Å². The van der Waals surface area contributed by atoms with Gasteiger partial charge in [-0.05, 0) is 29.3 Å². The SMILES string of the molecule is N#Cc1ccc(-c2cccc(F)c2F)cc1OCc1ccccc1. The number of benzene rings is 3. The summed E-state index contributed by atoms with van der Waals surface area (Å²) in [4.78, 5) is 0. The molecule has 0 fully saturated rings. The van der Waals surface area contributed by atoms with Crippen LogP contribution in [-0.2, 0) is 6.61 Å². The molecule has 3 aromatic rings. The van der Waals surface area contributed by atoms with Gasteiger partial charge in [0, 0.05) is 5.56 Å². The van der Waals surface area contributed by atoms with Gasteiger partial charge in [-0.15, -0.1) is 0 Å². The van der Waals surface area contributed by atoms with Crippen molar-refractivity contribution >= 4 is 0 Å². The van der Waals surface area contributed by atoms with Crippen molar-refractivity contribution in [2.24, 2.45) is 0 Å². The molecule has 0 atom stereocenters. The van der Waals surface area contributed by atoms with Crippen molar-refractivity contribution in [3.63, 3.8) is 0 Å². The summed E-state index contributed by atoms with van der Waals surface area (Å²) < 4.78 is 33.1. The van der Waals surface area contributed by atoms with Crippen LogP contribution >= 0.6 is 0 Å². The van der Waals surface area contributed by atoms with E-state index in [2.05, 4.69) is 0 Å². The zero-order chi connectivity index (χ0) is 16.9. The molecule has 2 nitrogen and oxygen atoms in total. The number of hydrogen-bond donors (Lipinski definition) is 0. The molecular formula is C20H13F2NO. The number of rotatable bonds is 4. The molecule has 0 spiro atoms. The van der Waals surface area contributed by atoms with E-state index in [0.29, 0.717) is 16.9 Å². The molecule has 3 rings (SSSR count). The molecule has 0 saturated carbocycles. The highest BCUT2D eigenvalue weighted by Crippen LogP contribution is 2.30. The highest BCUT2D eigenvalue weighted by Gasteiger charge is 2.12. The molecule has 0 aliphatic heterocycles. The van der Waals surface area contributed by atoms with E-state index in [4.69, 9.17) is 4.74 Å². The van der Waals surface area contributed by atoms with Gasteiger partial charge in [0.05, 0.1) is 5.56 Å². The molecule has 0 aliphatic rings. The lowest BCUT2D eigenvalue weighted by Crippen LogP contribution is -1.98. The Morgan fingerprint density at radius 1 is 0.917 bits per heavy atom. The molecule has 118 valence electrons. The Bertz CT molecular complexity index is 901. The third-order valence-corrected chi connectivity index (χ3v) is 3.60. The molecule has 0 heterocycles. The van der Waals surface area contributed by atoms with Crippen LogP contribution in [0.25, 0.3) is 11.1 Å². The predicted octanol–water partition coefficient (Wildman–Crippen LogP) is 5.08. The van der Waals surface area contributed by atoms with Crippen molar-refractivity contribution in [3.8, 4) is 22.9 Å². The third-order valence-electron chi connectivity index (χ3n) is 3.60. The summed E-state index contributed by atoms with van der Waals surface area (Å²) in [6.07, 6.45) is 0. The lowest BCUT2D eigenvalue weighted by Gasteiger charge is -2.11. The van der Waals surface area contributed by atoms with Crippen LogP contribution in [0.3, 0.4) is 0 Å². The first kappa shape index (κ1) is 15.7. The van der Waals surface area contributed by atoms with E-state index >= 15 is 0 Å². The van der Waals surface area contributed by atoms with E-state index in [-0.39, 0.29) is 12.2 Å². The zero-order valence-electron chi connectivity index (χ0n) is 12.7. The number of halogens is 2. The van der Waals surface area contributed by atoms with E-state index in [1.807, 2.05) is 36.4 Å². The maximum absolute atomic E-state index is 14.0. The van der Waals surface area contributed by atoms with Crippen LogP contribution in [0.2, 0.25) is 0 Å². The molecule has 0 bridgehead atoms. The fraction of sp³-hybridized carbons (Fsp3) is 0.0500. The van der Waals surface area contributed by atoms with Gasteiger partial charge in [0.2, 0.25) is 0 Å². The van der Waals surface area contributed by atoms with Crippen LogP contribution < -0.4 is 4.74 Å². The van der Waals surface area contributed by atoms with Gasteiger partial charge < -0.3 is 4.74 Å². The Kier molecular flexibility index (Phi) is 4.53. The fourth-order valence-electron chi connectivity index (χ4n) is 2.36. The van der Waals surface area contributed by atoms with E-state index in [1.54, 1.807) is 18.2 Å². The van der Waals surface area contributed by atoms with Crippen LogP contribution in [0.4, 0.5) is 8.78 Å². The standard InChI is InChI=1S/C20H13F2NO/c21-18-8-4-7-17(20(18)22)15-9-10-16(12-23)19(11-15)24-13-14-5-2-1-3-6-14/h1-11H,13H2. The third kappa shape index (κ3) is 3.26. The van der Waals surface area contributed by atoms with Crippen molar-refractivity contribution < 1.29 is 13.5 Å². The average Bonchev–Trinajstić information content (AvgIpc) is 2.63. The lowest BCUT2D eigenvalue weighted by atomic mass is 10.0. The minimum absolute atomic E-state index is 0.129. The van der Waals surface area contributed by atoms with Gasteiger partial charge in [-0.3, -0.25) is 0 Å². The summed E-state index contributed by atoms with van der Waals surface area (Å²) in [7, 11) is 0. The van der Waals surface area contributed by atoms with Gasteiger partial charge in [0.15, 0.2) is 11.6 Å². The first-order valence-corrected chi connectivity index (χ1v) is 7.34. The van der Waals surface area contributed by atoms with Crippen LogP contribution in [0, 0.1) is 23.0 Å². The molecule has 24 heavy (non-hydrogen) atoms. The summed E-state index contributed by atoms with van der Waals surface area (Å²) >= 11 is 0. The number of nitriles is 1. The maximum atomic E-state index is 14.0. The van der Waals surface area contributed by atoms with Crippen molar-refractivity contribution in [1.82, 2.24) is 0 Å². The second kappa shape index (κ2) is 6.93. The van der Waals surface area contributed by atoms with Crippen LogP contribution in [0.15, 0.2) is 66.7 Å². The highest BCUT2D eigenvalue weighted by molar-refractivity contribution is 5.68. The molecule has 4 heteroatoms. The van der Waals surface area contributed by atoms with Gasteiger partial charge in [0.25, 0.3) is 0 Å². The van der Waals surface area contributed by atoms with Crippen molar-refractivity contribution in [2.75, 3.05) is 0 Å². The minimum Gasteiger partial charge on any atom is -0.488 e. The van der Waals surface area contributed by atoms with Crippen LogP contribution in [-0.4, -0.2) is 0 Å². The molecular weight excluding hydrogens is 308 g/mol. The van der Waals surface area contributed by atoms with Crippen LogP contribution in [0.1, 0.15) is 11.1 Å². The summed E-state index contributed by atoms with van der Waals surface area (Å²) in [5.74, 6) is -1.50. The second-order valence-corrected chi connectivity index (χ2v) is 5.20. The topological polar surface area (TPSA) is 33.0 Å². The van der Waals surface area contributed by atoms with E-state index in [1.165, 1.54) is 12.1 Å². The molecule has 0 unspecified atom stereocenters. The lowest BCUT2D eigenvalue weighted by molar-refractivity contribution is 0.305. The molecule has 0 radical (unpaired) electrons.